The highest BCUT2D eigenvalue weighted by Crippen LogP contribution is 2.23. The van der Waals surface area contributed by atoms with Gasteiger partial charge in [0.05, 0.1) is 28.8 Å². The minimum atomic E-state index is -0.191. The van der Waals surface area contributed by atoms with Crippen LogP contribution in [-0.4, -0.2) is 60.4 Å². The number of benzene rings is 3. The van der Waals surface area contributed by atoms with Crippen LogP contribution in [-0.2, 0) is 19.7 Å². The molecule has 3 aromatic heterocycles. The molecule has 3 heterocycles. The summed E-state index contributed by atoms with van der Waals surface area (Å²) in [5.74, 6) is 1.07. The summed E-state index contributed by atoms with van der Waals surface area (Å²) in [6.07, 6.45) is 0.793. The molecule has 212 valence electrons. The number of phenolic OH excluding ortho intramolecular Hbond substituents is 1. The number of hydrogen-bond acceptors (Lipinski definition) is 8. The Morgan fingerprint density at radius 2 is 1.81 bits per heavy atom. The van der Waals surface area contributed by atoms with E-state index in [1.807, 2.05) is 74.8 Å². The van der Waals surface area contributed by atoms with E-state index in [1.165, 1.54) is 4.80 Å². The smallest absolute Gasteiger partial charge is 0.262 e. The van der Waals surface area contributed by atoms with Crippen LogP contribution in [0.1, 0.15) is 17.7 Å². The number of aromatic hydroxyl groups is 1. The van der Waals surface area contributed by atoms with E-state index < -0.39 is 0 Å². The van der Waals surface area contributed by atoms with E-state index in [2.05, 4.69) is 25.3 Å². The fourth-order valence-corrected chi connectivity index (χ4v) is 4.96. The number of rotatable bonds is 10. The van der Waals surface area contributed by atoms with E-state index in [4.69, 9.17) is 4.74 Å². The van der Waals surface area contributed by atoms with Gasteiger partial charge in [-0.2, -0.15) is 4.80 Å². The van der Waals surface area contributed by atoms with Gasteiger partial charge in [-0.3, -0.25) is 4.79 Å². The average Bonchev–Trinajstić information content (AvgIpc) is 3.45. The molecular formula is C32H31N7O3. The Bertz CT molecular complexity index is 1930. The van der Waals surface area contributed by atoms with Crippen LogP contribution in [0.5, 0.6) is 11.5 Å². The Morgan fingerprint density at radius 1 is 0.929 bits per heavy atom. The van der Waals surface area contributed by atoms with Gasteiger partial charge in [-0.15, -0.1) is 10.2 Å². The highest BCUT2D eigenvalue weighted by Gasteiger charge is 2.16. The van der Waals surface area contributed by atoms with Crippen molar-refractivity contribution < 1.29 is 9.84 Å². The van der Waals surface area contributed by atoms with Crippen molar-refractivity contribution in [1.82, 2.24) is 34.7 Å². The summed E-state index contributed by atoms with van der Waals surface area (Å²) in [5.41, 5.74) is 3.60. The normalized spacial score (nSPS) is 11.5. The molecule has 6 rings (SSSR count). The summed E-state index contributed by atoms with van der Waals surface area (Å²) in [7, 11) is 4.00. The van der Waals surface area contributed by atoms with Crippen molar-refractivity contribution in [2.45, 2.75) is 26.1 Å². The largest absolute Gasteiger partial charge is 0.508 e. The first kappa shape index (κ1) is 27.1. The highest BCUT2D eigenvalue weighted by atomic mass is 16.5. The van der Waals surface area contributed by atoms with Crippen molar-refractivity contribution >= 4 is 21.8 Å². The Kier molecular flexibility index (Phi) is 7.61. The van der Waals surface area contributed by atoms with Crippen molar-refractivity contribution in [3.05, 3.63) is 107 Å². The summed E-state index contributed by atoms with van der Waals surface area (Å²) in [6, 6.07) is 26.4. The zero-order valence-electron chi connectivity index (χ0n) is 23.5. The summed E-state index contributed by atoms with van der Waals surface area (Å²) in [6.45, 7) is 2.07. The number of ether oxygens (including phenoxy) is 1. The van der Waals surface area contributed by atoms with Crippen molar-refractivity contribution in [3.8, 4) is 22.9 Å². The first-order chi connectivity index (χ1) is 20.4. The van der Waals surface area contributed by atoms with Gasteiger partial charge in [0.15, 0.2) is 0 Å². The molecule has 10 nitrogen and oxygen atoms in total. The second-order valence-electron chi connectivity index (χ2n) is 10.5. The number of pyridine rings is 2. The fraction of sp³-hybridized carbons (Fsp3) is 0.219. The summed E-state index contributed by atoms with van der Waals surface area (Å²) in [4.78, 5) is 21.8. The molecule has 0 radical (unpaired) electrons. The highest BCUT2D eigenvalue weighted by molar-refractivity contribution is 5.84. The second-order valence-corrected chi connectivity index (χ2v) is 10.5. The van der Waals surface area contributed by atoms with Crippen LogP contribution in [0.3, 0.4) is 0 Å². The minimum Gasteiger partial charge on any atom is -0.508 e. The molecule has 42 heavy (non-hydrogen) atoms. The van der Waals surface area contributed by atoms with Crippen LogP contribution in [0.15, 0.2) is 89.7 Å². The topological polar surface area (TPSA) is 111 Å². The Hall–Kier alpha value is -5.09. The van der Waals surface area contributed by atoms with Gasteiger partial charge in [0, 0.05) is 17.3 Å². The Balaban J connectivity index is 1.20. The van der Waals surface area contributed by atoms with E-state index in [0.717, 1.165) is 46.0 Å². The fourth-order valence-electron chi connectivity index (χ4n) is 4.96. The van der Waals surface area contributed by atoms with Crippen molar-refractivity contribution in [3.63, 3.8) is 0 Å². The molecule has 1 N–H and O–H groups in total. The lowest BCUT2D eigenvalue weighted by Crippen LogP contribution is -2.24. The van der Waals surface area contributed by atoms with Crippen LogP contribution >= 0.6 is 0 Å². The molecule has 0 aliphatic rings. The zero-order valence-corrected chi connectivity index (χ0v) is 23.5. The lowest BCUT2D eigenvalue weighted by molar-refractivity contribution is 0.301. The van der Waals surface area contributed by atoms with E-state index in [-0.39, 0.29) is 17.1 Å². The van der Waals surface area contributed by atoms with Gasteiger partial charge in [-0.25, -0.2) is 4.98 Å². The monoisotopic (exact) mass is 561 g/mol. The summed E-state index contributed by atoms with van der Waals surface area (Å²) in [5, 5.41) is 24.9. The molecule has 0 atom stereocenters. The average molecular weight is 562 g/mol. The van der Waals surface area contributed by atoms with Gasteiger partial charge >= 0.3 is 0 Å². The maximum Gasteiger partial charge on any atom is 0.262 e. The lowest BCUT2D eigenvalue weighted by atomic mass is 10.1. The van der Waals surface area contributed by atoms with Crippen LogP contribution < -0.4 is 10.3 Å². The third kappa shape index (κ3) is 5.98. The third-order valence-electron chi connectivity index (χ3n) is 7.02. The molecule has 3 aromatic carbocycles. The van der Waals surface area contributed by atoms with Crippen molar-refractivity contribution in [1.29, 1.82) is 0 Å². The Morgan fingerprint density at radius 3 is 2.69 bits per heavy atom. The van der Waals surface area contributed by atoms with Crippen LogP contribution in [0.4, 0.5) is 0 Å². The zero-order chi connectivity index (χ0) is 29.1. The number of phenols is 1. The van der Waals surface area contributed by atoms with Crippen LogP contribution in [0, 0.1) is 0 Å². The second kappa shape index (κ2) is 11.8. The van der Waals surface area contributed by atoms with E-state index in [0.29, 0.717) is 31.0 Å². The number of para-hydroxylation sites is 1. The molecule has 0 amide bonds. The molecular weight excluding hydrogens is 530 g/mol. The predicted molar refractivity (Wildman–Crippen MR) is 161 cm³/mol. The first-order valence-electron chi connectivity index (χ1n) is 13.8. The van der Waals surface area contributed by atoms with E-state index in [9.17, 15) is 9.90 Å². The molecule has 0 spiro atoms. The molecule has 0 saturated heterocycles. The standard InChI is InChI=1S/C32H31N7O3/c1-37(2)15-6-16-38-30-14-13-26(40)18-24(30)19-28(32(38)41)31-34-36-39(35-31)20-22-7-5-9-27(17-22)42-21-25-12-11-23-8-3-4-10-29(23)33-25/h3-5,7-14,17-19,40H,6,15-16,20-21H2,1-2H3. The Labute approximate surface area is 242 Å². The number of aromatic nitrogens is 6. The molecule has 0 aliphatic heterocycles. The van der Waals surface area contributed by atoms with Gasteiger partial charge in [0.1, 0.15) is 18.1 Å². The third-order valence-corrected chi connectivity index (χ3v) is 7.02. The van der Waals surface area contributed by atoms with Gasteiger partial charge in [0.25, 0.3) is 5.56 Å². The molecule has 0 aliphatic carbocycles. The maximum absolute atomic E-state index is 13.6. The van der Waals surface area contributed by atoms with Crippen LogP contribution in [0.25, 0.3) is 33.2 Å². The SMILES string of the molecule is CN(C)CCCn1c(=O)c(-c2nnn(Cc3cccc(OCc4ccc5ccccc5n4)c3)n2)cc2cc(O)ccc21. The number of fused-ring (bicyclic) bond motifs is 2. The van der Waals surface area contributed by atoms with Gasteiger partial charge in [-0.1, -0.05) is 36.4 Å². The van der Waals surface area contributed by atoms with Gasteiger partial charge in [-0.05, 0) is 86.4 Å². The lowest BCUT2D eigenvalue weighted by Gasteiger charge is -2.14. The molecule has 10 heteroatoms. The molecule has 0 bridgehead atoms. The number of tetrazole rings is 1. The minimum absolute atomic E-state index is 0.127. The van der Waals surface area contributed by atoms with Crippen molar-refractivity contribution in [2.75, 3.05) is 20.6 Å². The van der Waals surface area contributed by atoms with Gasteiger partial charge < -0.3 is 19.3 Å². The number of nitrogens with zero attached hydrogens (tertiary/aromatic N) is 7. The van der Waals surface area contributed by atoms with E-state index >= 15 is 0 Å². The molecule has 0 fully saturated rings. The quantitative estimate of drug-likeness (QED) is 0.261. The first-order valence-corrected chi connectivity index (χ1v) is 13.8. The summed E-state index contributed by atoms with van der Waals surface area (Å²) >= 11 is 0. The predicted octanol–water partition coefficient (Wildman–Crippen LogP) is 4.49. The van der Waals surface area contributed by atoms with Crippen molar-refractivity contribution in [2.24, 2.45) is 0 Å². The molecule has 0 saturated carbocycles. The molecule has 6 aromatic rings. The maximum atomic E-state index is 13.6. The van der Waals surface area contributed by atoms with Gasteiger partial charge in [0.2, 0.25) is 5.82 Å². The molecule has 0 unspecified atom stereocenters. The van der Waals surface area contributed by atoms with E-state index in [1.54, 1.807) is 28.8 Å². The summed E-state index contributed by atoms with van der Waals surface area (Å²) < 4.78 is 7.75. The number of aryl methyl sites for hydroxylation is 1. The number of hydrogen-bond donors (Lipinski definition) is 1. The van der Waals surface area contributed by atoms with Crippen LogP contribution in [0.2, 0.25) is 0 Å².